The molecule has 1 atom stereocenters. The van der Waals surface area contributed by atoms with Crippen LogP contribution in [0.5, 0.6) is 0 Å². The van der Waals surface area contributed by atoms with Crippen LogP contribution in [0.25, 0.3) is 22.5 Å². The fourth-order valence-electron chi connectivity index (χ4n) is 4.58. The molecule has 0 radical (unpaired) electrons. The second-order valence-electron chi connectivity index (χ2n) is 9.89. The zero-order chi connectivity index (χ0) is 27.6. The molecular weight excluding hydrogens is 490 g/mol. The molecule has 0 aliphatic heterocycles. The molecule has 0 saturated carbocycles. The highest BCUT2D eigenvalue weighted by molar-refractivity contribution is 5.85. The number of H-pyrrole nitrogens is 1. The maximum absolute atomic E-state index is 13.4. The summed E-state index contributed by atoms with van der Waals surface area (Å²) >= 11 is 0. The number of aromatic amines is 1. The zero-order valence-corrected chi connectivity index (χ0v) is 22.7. The Kier molecular flexibility index (Phi) is 9.56. The monoisotopic (exact) mass is 525 g/mol. The van der Waals surface area contributed by atoms with E-state index >= 15 is 0 Å². The van der Waals surface area contributed by atoms with Crippen LogP contribution in [0.3, 0.4) is 0 Å². The van der Waals surface area contributed by atoms with Crippen LogP contribution >= 0.6 is 0 Å². The average Bonchev–Trinajstić information content (AvgIpc) is 3.50. The largest absolute Gasteiger partial charge is 0.459 e. The van der Waals surface area contributed by atoms with E-state index in [1.807, 2.05) is 92.7 Å². The molecule has 0 fully saturated rings. The first-order chi connectivity index (χ1) is 19.0. The minimum Gasteiger partial charge on any atom is -0.459 e. The van der Waals surface area contributed by atoms with Crippen molar-refractivity contribution in [3.63, 3.8) is 0 Å². The lowest BCUT2D eigenvalue weighted by Gasteiger charge is -2.33. The molecule has 8 heteroatoms. The van der Waals surface area contributed by atoms with Gasteiger partial charge in [-0.05, 0) is 39.8 Å². The second-order valence-corrected chi connectivity index (χ2v) is 9.89. The first kappa shape index (κ1) is 27.7. The standard InChI is InChI=1S/C31H35N5O3/c1-4-5-15-28(37)36(29(22(2)3)31(38)39-21-24-11-7-6-8-12-24)20-23-16-18-25(19-17-23)26-13-9-10-14-27(26)30-32-34-35-33-30/h6-14,16-19,22,29H,4-5,15,20-21H2,1-3H3,(H,32,33,34,35)/t29-/m1/s1. The van der Waals surface area contributed by atoms with Gasteiger partial charge in [0.25, 0.3) is 0 Å². The molecule has 8 nitrogen and oxygen atoms in total. The highest BCUT2D eigenvalue weighted by Crippen LogP contribution is 2.30. The van der Waals surface area contributed by atoms with E-state index in [0.717, 1.165) is 40.7 Å². The number of hydrogen-bond acceptors (Lipinski definition) is 6. The van der Waals surface area contributed by atoms with Crippen molar-refractivity contribution in [1.82, 2.24) is 25.5 Å². The number of unbranched alkanes of at least 4 members (excludes halogenated alkanes) is 1. The summed E-state index contributed by atoms with van der Waals surface area (Å²) in [5, 5.41) is 14.4. The molecule has 1 N–H and O–H groups in total. The first-order valence-corrected chi connectivity index (χ1v) is 13.4. The molecular formula is C31H35N5O3. The molecule has 0 aliphatic carbocycles. The number of rotatable bonds is 12. The second kappa shape index (κ2) is 13.5. The predicted octanol–water partition coefficient (Wildman–Crippen LogP) is 5.82. The number of esters is 1. The highest BCUT2D eigenvalue weighted by atomic mass is 16.5. The Balaban J connectivity index is 1.56. The highest BCUT2D eigenvalue weighted by Gasteiger charge is 2.33. The molecule has 3 aromatic carbocycles. The minimum absolute atomic E-state index is 0.0428. The van der Waals surface area contributed by atoms with Gasteiger partial charge in [-0.3, -0.25) is 4.79 Å². The third-order valence-corrected chi connectivity index (χ3v) is 6.63. The lowest BCUT2D eigenvalue weighted by Crippen LogP contribution is -2.48. The summed E-state index contributed by atoms with van der Waals surface area (Å²) in [7, 11) is 0. The van der Waals surface area contributed by atoms with Crippen molar-refractivity contribution in [3.8, 4) is 22.5 Å². The van der Waals surface area contributed by atoms with Gasteiger partial charge in [-0.1, -0.05) is 106 Å². The number of aromatic nitrogens is 4. The van der Waals surface area contributed by atoms with Crippen LogP contribution < -0.4 is 0 Å². The maximum atomic E-state index is 13.4. The van der Waals surface area contributed by atoms with Gasteiger partial charge >= 0.3 is 5.97 Å². The van der Waals surface area contributed by atoms with Crippen LogP contribution in [-0.2, 0) is 27.5 Å². The number of tetrazole rings is 1. The van der Waals surface area contributed by atoms with E-state index in [4.69, 9.17) is 4.74 Å². The van der Waals surface area contributed by atoms with Crippen LogP contribution in [-0.4, -0.2) is 43.4 Å². The van der Waals surface area contributed by atoms with Crippen molar-refractivity contribution in [2.75, 3.05) is 0 Å². The summed E-state index contributed by atoms with van der Waals surface area (Å²) in [5.41, 5.74) is 4.68. The smallest absolute Gasteiger partial charge is 0.329 e. The zero-order valence-electron chi connectivity index (χ0n) is 22.7. The number of nitrogens with one attached hydrogen (secondary N) is 1. The molecule has 0 spiro atoms. The normalized spacial score (nSPS) is 11.8. The number of benzene rings is 3. The van der Waals surface area contributed by atoms with Crippen molar-refractivity contribution < 1.29 is 14.3 Å². The Bertz CT molecular complexity index is 1340. The van der Waals surface area contributed by atoms with E-state index in [9.17, 15) is 9.59 Å². The van der Waals surface area contributed by atoms with Crippen molar-refractivity contribution in [1.29, 1.82) is 0 Å². The Hall–Kier alpha value is -4.33. The SMILES string of the molecule is CCCCC(=O)N(Cc1ccc(-c2ccccc2-c2nn[nH]n2)cc1)[C@@H](C(=O)OCc1ccccc1)C(C)C. The average molecular weight is 526 g/mol. The maximum Gasteiger partial charge on any atom is 0.329 e. The molecule has 1 heterocycles. The van der Waals surface area contributed by atoms with Gasteiger partial charge in [-0.25, -0.2) is 4.79 Å². The summed E-state index contributed by atoms with van der Waals surface area (Å²) in [4.78, 5) is 28.4. The molecule has 1 amide bonds. The van der Waals surface area contributed by atoms with E-state index in [0.29, 0.717) is 18.8 Å². The third-order valence-electron chi connectivity index (χ3n) is 6.63. The van der Waals surface area contributed by atoms with Gasteiger partial charge < -0.3 is 9.64 Å². The minimum atomic E-state index is -0.684. The number of hydrogen-bond donors (Lipinski definition) is 1. The van der Waals surface area contributed by atoms with E-state index in [1.54, 1.807) is 4.90 Å². The Morgan fingerprint density at radius 1 is 0.897 bits per heavy atom. The van der Waals surface area contributed by atoms with E-state index < -0.39 is 6.04 Å². The van der Waals surface area contributed by atoms with Gasteiger partial charge in [0.15, 0.2) is 0 Å². The van der Waals surface area contributed by atoms with Gasteiger partial charge in [0.2, 0.25) is 11.7 Å². The molecule has 4 rings (SSSR count). The summed E-state index contributed by atoms with van der Waals surface area (Å²) in [6, 6.07) is 24.8. The van der Waals surface area contributed by atoms with E-state index in [-0.39, 0.29) is 24.4 Å². The van der Waals surface area contributed by atoms with Gasteiger partial charge in [0, 0.05) is 18.5 Å². The van der Waals surface area contributed by atoms with Crippen molar-refractivity contribution >= 4 is 11.9 Å². The van der Waals surface area contributed by atoms with Gasteiger partial charge in [-0.15, -0.1) is 10.2 Å². The van der Waals surface area contributed by atoms with Crippen LogP contribution in [0, 0.1) is 5.92 Å². The van der Waals surface area contributed by atoms with Gasteiger partial charge in [0.05, 0.1) is 0 Å². The van der Waals surface area contributed by atoms with Gasteiger partial charge in [-0.2, -0.15) is 5.21 Å². The lowest BCUT2D eigenvalue weighted by molar-refractivity contribution is -0.159. The topological polar surface area (TPSA) is 101 Å². The van der Waals surface area contributed by atoms with Crippen LogP contribution in [0.15, 0.2) is 78.9 Å². The fourth-order valence-corrected chi connectivity index (χ4v) is 4.58. The number of ether oxygens (including phenoxy) is 1. The quantitative estimate of drug-likeness (QED) is 0.234. The molecule has 0 bridgehead atoms. The number of carbonyl (C=O) groups excluding carboxylic acids is 2. The van der Waals surface area contributed by atoms with Crippen molar-refractivity contribution in [2.24, 2.45) is 5.92 Å². The number of amides is 1. The molecule has 39 heavy (non-hydrogen) atoms. The summed E-state index contributed by atoms with van der Waals surface area (Å²) in [5.74, 6) is -0.0146. The molecule has 1 aromatic heterocycles. The van der Waals surface area contributed by atoms with Crippen LogP contribution in [0.1, 0.15) is 51.2 Å². The third kappa shape index (κ3) is 7.16. The Morgan fingerprint density at radius 2 is 1.59 bits per heavy atom. The predicted molar refractivity (Wildman–Crippen MR) is 150 cm³/mol. The van der Waals surface area contributed by atoms with Crippen molar-refractivity contribution in [3.05, 3.63) is 90.0 Å². The Labute approximate surface area is 229 Å². The molecule has 0 unspecified atom stereocenters. The molecule has 0 aliphatic rings. The molecule has 4 aromatic rings. The van der Waals surface area contributed by atoms with Crippen molar-refractivity contribution in [2.45, 2.75) is 59.2 Å². The Morgan fingerprint density at radius 3 is 2.23 bits per heavy atom. The number of carbonyl (C=O) groups is 2. The molecule has 0 saturated heterocycles. The summed E-state index contributed by atoms with van der Waals surface area (Å²) in [6.07, 6.45) is 2.06. The summed E-state index contributed by atoms with van der Waals surface area (Å²) < 4.78 is 5.70. The van der Waals surface area contributed by atoms with Crippen LogP contribution in [0.2, 0.25) is 0 Å². The first-order valence-electron chi connectivity index (χ1n) is 13.4. The van der Waals surface area contributed by atoms with E-state index in [1.165, 1.54) is 0 Å². The van der Waals surface area contributed by atoms with E-state index in [2.05, 4.69) is 27.5 Å². The lowest BCUT2D eigenvalue weighted by atomic mass is 9.97. The van der Waals surface area contributed by atoms with Crippen LogP contribution in [0.4, 0.5) is 0 Å². The summed E-state index contributed by atoms with van der Waals surface area (Å²) in [6.45, 7) is 6.45. The molecule has 202 valence electrons. The van der Waals surface area contributed by atoms with Gasteiger partial charge in [0.1, 0.15) is 12.6 Å². The number of nitrogens with zero attached hydrogens (tertiary/aromatic N) is 4. The fraction of sp³-hybridized carbons (Fsp3) is 0.323.